The predicted molar refractivity (Wildman–Crippen MR) is 322 cm³/mol. The van der Waals surface area contributed by atoms with Gasteiger partial charge in [-0.1, -0.05) is 83.1 Å². The lowest BCUT2D eigenvalue weighted by atomic mass is 10.4. The van der Waals surface area contributed by atoms with E-state index in [2.05, 4.69) is 166 Å². The molecule has 428 valence electrons. The number of rotatable bonds is 50. The average Bonchev–Trinajstić information content (AvgIpc) is 3.32. The molecule has 6 unspecified atom stereocenters. The Morgan fingerprint density at radius 3 is 0.507 bits per heavy atom. The van der Waals surface area contributed by atoms with Gasteiger partial charge in [-0.05, 0) is 246 Å². The summed E-state index contributed by atoms with van der Waals surface area (Å²) in [5.74, 6) is 0. The van der Waals surface area contributed by atoms with Crippen LogP contribution in [-0.2, 0) is 29.4 Å². The molecule has 0 fully saturated rings. The lowest BCUT2D eigenvalue weighted by Crippen LogP contribution is -2.64. The lowest BCUT2D eigenvalue weighted by Gasteiger charge is -2.47. The Bertz CT molecular complexity index is 1190. The fourth-order valence-electron chi connectivity index (χ4n) is 10.7. The van der Waals surface area contributed by atoms with E-state index in [1.54, 1.807) is 0 Å². The van der Waals surface area contributed by atoms with Crippen molar-refractivity contribution in [2.45, 2.75) is 211 Å². The van der Waals surface area contributed by atoms with Crippen LogP contribution in [0.25, 0.3) is 0 Å². The first-order valence-electron chi connectivity index (χ1n) is 29.7. The molecule has 0 saturated heterocycles. The van der Waals surface area contributed by atoms with Crippen LogP contribution in [0.3, 0.4) is 0 Å². The normalized spacial score (nSPS) is 17.8. The first-order valence-corrected chi connectivity index (χ1v) is 44.9. The molecule has 0 aromatic heterocycles. The Labute approximate surface area is 449 Å². The Morgan fingerprint density at radius 1 is 0.225 bits per heavy atom. The molecule has 13 nitrogen and oxygen atoms in total. The van der Waals surface area contributed by atoms with Crippen molar-refractivity contribution in [1.82, 2.24) is 29.4 Å². The summed E-state index contributed by atoms with van der Waals surface area (Å²) in [6.45, 7) is 65.8. The van der Waals surface area contributed by atoms with Crippen LogP contribution in [0.2, 0.25) is 75.5 Å². The monoisotopic (exact) mass is 1110 g/mol. The highest BCUT2D eigenvalue weighted by atomic mass is 28.5. The van der Waals surface area contributed by atoms with Gasteiger partial charge < -0.3 is 58.8 Å². The maximum Gasteiger partial charge on any atom is 0.326 e. The van der Waals surface area contributed by atoms with E-state index in [4.69, 9.17) is 29.4 Å². The molecule has 0 saturated carbocycles. The van der Waals surface area contributed by atoms with Crippen LogP contribution < -0.4 is 0 Å². The Kier molecular flexibility index (Phi) is 39.6. The second-order valence-electron chi connectivity index (χ2n) is 21.0. The summed E-state index contributed by atoms with van der Waals surface area (Å²) < 4.78 is 53.2. The van der Waals surface area contributed by atoms with E-state index in [0.29, 0.717) is 13.2 Å². The Morgan fingerprint density at radius 2 is 0.366 bits per heavy atom. The minimum Gasteiger partial charge on any atom is -0.416 e. The van der Waals surface area contributed by atoms with Crippen LogP contribution in [0, 0.1) is 0 Å². The molecule has 0 bridgehead atoms. The topological polar surface area (TPSA) is 84.0 Å². The molecule has 0 aliphatic carbocycles. The molecule has 0 radical (unpaired) electrons. The maximum atomic E-state index is 8.11. The van der Waals surface area contributed by atoms with E-state index in [1.807, 2.05) is 0 Å². The van der Waals surface area contributed by atoms with E-state index in [1.165, 1.54) is 0 Å². The van der Waals surface area contributed by atoms with E-state index in [9.17, 15) is 0 Å². The summed E-state index contributed by atoms with van der Waals surface area (Å²) in [5, 5.41) is 0. The standard InChI is InChI=1S/C52H124N6O7Si6/c1-21-53(22-2)41-35-47-66(15,59-33-13)61-68(17,49-37-43-55(25-5)26-6)63-70(19,51-39-45-57(29-9)30-10)65-71(20,52-40-46-58(31-11)32-12)64-69(18,50-38-44-56(27-7)28-8)62-67(16,60-34-14)48-36-42-54(23-3)24-4/h21-52H2,1-20H3. The summed E-state index contributed by atoms with van der Waals surface area (Å²) in [6, 6.07) is 5.50. The van der Waals surface area contributed by atoms with Gasteiger partial charge in [0.15, 0.2) is 0 Å². The molecule has 0 spiro atoms. The van der Waals surface area contributed by atoms with Gasteiger partial charge in [-0.25, -0.2) is 0 Å². The van der Waals surface area contributed by atoms with Crippen LogP contribution >= 0.6 is 0 Å². The third-order valence-electron chi connectivity index (χ3n) is 15.1. The minimum absolute atomic E-state index is 0.648. The SMILES string of the molecule is CCO[Si](C)(CCCN(CC)CC)O[Si](C)(CCCN(CC)CC)O[Si](C)(CCCN(CC)CC)O[Si](C)(CCCN(CC)CC)O[Si](C)(CCCN(CC)CC)O[Si](C)(CCCN(CC)CC)OCC. The smallest absolute Gasteiger partial charge is 0.326 e. The predicted octanol–water partition coefficient (Wildman–Crippen LogP) is 12.0. The van der Waals surface area contributed by atoms with E-state index >= 15 is 0 Å². The Balaban J connectivity index is 7.90. The van der Waals surface area contributed by atoms with Crippen LogP contribution in [0.4, 0.5) is 0 Å². The van der Waals surface area contributed by atoms with Crippen molar-refractivity contribution >= 4 is 51.4 Å². The average molecular weight is 1110 g/mol. The fraction of sp³-hybridized carbons (Fsp3) is 1.00. The van der Waals surface area contributed by atoms with Crippen LogP contribution in [-0.4, -0.2) is 212 Å². The molecule has 0 aromatic carbocycles. The highest BCUT2D eigenvalue weighted by Crippen LogP contribution is 2.37. The van der Waals surface area contributed by atoms with Gasteiger partial charge in [0.2, 0.25) is 0 Å². The van der Waals surface area contributed by atoms with E-state index in [-0.39, 0.29) is 0 Å². The third kappa shape index (κ3) is 30.5. The maximum absolute atomic E-state index is 8.11. The molecular formula is C52H124N6O7Si6. The molecule has 0 aliphatic heterocycles. The number of nitrogens with zero attached hydrogens (tertiary/aromatic N) is 6. The van der Waals surface area contributed by atoms with E-state index in [0.717, 1.165) is 193 Å². The molecule has 0 rings (SSSR count). The third-order valence-corrected chi connectivity index (χ3v) is 41.7. The first kappa shape index (κ1) is 71.8. The van der Waals surface area contributed by atoms with Crippen molar-refractivity contribution in [2.24, 2.45) is 0 Å². The number of hydrogen-bond donors (Lipinski definition) is 0. The molecule has 0 heterocycles. The van der Waals surface area contributed by atoms with Crippen molar-refractivity contribution in [3.8, 4) is 0 Å². The molecular weight excluding hydrogens is 989 g/mol. The first-order chi connectivity index (χ1) is 33.6. The molecule has 71 heavy (non-hydrogen) atoms. The van der Waals surface area contributed by atoms with E-state index < -0.39 is 51.4 Å². The van der Waals surface area contributed by atoms with Crippen molar-refractivity contribution in [3.63, 3.8) is 0 Å². The molecule has 0 aromatic rings. The van der Waals surface area contributed by atoms with Crippen molar-refractivity contribution in [3.05, 3.63) is 0 Å². The van der Waals surface area contributed by atoms with Gasteiger partial charge in [0.25, 0.3) is 0 Å². The number of hydrogen-bond acceptors (Lipinski definition) is 13. The quantitative estimate of drug-likeness (QED) is 0.0543. The Hall–Kier alpha value is 0.781. The molecule has 0 aliphatic rings. The van der Waals surface area contributed by atoms with Crippen LogP contribution in [0.5, 0.6) is 0 Å². The van der Waals surface area contributed by atoms with Gasteiger partial charge in [0.05, 0.1) is 0 Å². The van der Waals surface area contributed by atoms with Gasteiger partial charge in [-0.15, -0.1) is 0 Å². The van der Waals surface area contributed by atoms with Crippen LogP contribution in [0.1, 0.15) is 135 Å². The molecule has 0 N–H and O–H groups in total. The van der Waals surface area contributed by atoms with Gasteiger partial charge in [-0.3, -0.25) is 0 Å². The van der Waals surface area contributed by atoms with Crippen molar-refractivity contribution in [2.75, 3.05) is 131 Å². The molecule has 0 amide bonds. The summed E-state index contributed by atoms with van der Waals surface area (Å²) >= 11 is 0. The van der Waals surface area contributed by atoms with Crippen molar-refractivity contribution < 1.29 is 29.4 Å². The van der Waals surface area contributed by atoms with Crippen LogP contribution in [0.15, 0.2) is 0 Å². The zero-order valence-electron chi connectivity index (χ0n) is 51.2. The minimum atomic E-state index is -3.05. The molecule has 6 atom stereocenters. The van der Waals surface area contributed by atoms with Gasteiger partial charge >= 0.3 is 51.4 Å². The summed E-state index contributed by atoms with van der Waals surface area (Å²) in [5.41, 5.74) is 0. The van der Waals surface area contributed by atoms with Gasteiger partial charge in [0, 0.05) is 13.2 Å². The summed E-state index contributed by atoms with van der Waals surface area (Å²) in [6.07, 6.45) is 6.20. The zero-order chi connectivity index (χ0) is 54.0. The highest BCUT2D eigenvalue weighted by Gasteiger charge is 2.54. The molecule has 19 heteroatoms. The second-order valence-corrected chi connectivity index (χ2v) is 42.2. The van der Waals surface area contributed by atoms with Crippen molar-refractivity contribution in [1.29, 1.82) is 0 Å². The summed E-state index contributed by atoms with van der Waals surface area (Å²) in [7, 11) is -17.3. The fourth-order valence-corrected chi connectivity index (χ4v) is 42.0. The largest absolute Gasteiger partial charge is 0.416 e. The van der Waals surface area contributed by atoms with Gasteiger partial charge in [0.1, 0.15) is 0 Å². The highest BCUT2D eigenvalue weighted by molar-refractivity contribution is 6.91. The summed E-state index contributed by atoms with van der Waals surface area (Å²) in [4.78, 5) is 15.2. The lowest BCUT2D eigenvalue weighted by molar-refractivity contribution is 0.205. The zero-order valence-corrected chi connectivity index (χ0v) is 57.2. The second kappa shape index (κ2) is 39.2. The van der Waals surface area contributed by atoms with Gasteiger partial charge in [-0.2, -0.15) is 0 Å².